The van der Waals surface area contributed by atoms with E-state index in [4.69, 9.17) is 16.3 Å². The lowest BCUT2D eigenvalue weighted by molar-refractivity contribution is 0.209. The number of ether oxygens (including phenoxy) is 1. The Bertz CT molecular complexity index is 1320. The van der Waals surface area contributed by atoms with E-state index in [0.29, 0.717) is 35.8 Å². The molecule has 0 aliphatic heterocycles. The number of carbonyl (C=O) groups is 1. The lowest BCUT2D eigenvalue weighted by Gasteiger charge is -2.23. The van der Waals surface area contributed by atoms with Crippen molar-refractivity contribution >= 4 is 34.2 Å². The van der Waals surface area contributed by atoms with Crippen LogP contribution in [0.25, 0.3) is 10.9 Å². The van der Waals surface area contributed by atoms with Gasteiger partial charge in [-0.15, -0.1) is 0 Å². The number of carbonyl (C=O) groups excluding carboxylic acids is 1. The van der Waals surface area contributed by atoms with Crippen molar-refractivity contribution in [3.8, 4) is 5.75 Å². The number of hydrogen-bond donors (Lipinski definition) is 2. The summed E-state index contributed by atoms with van der Waals surface area (Å²) < 4.78 is 5.59. The molecule has 1 aromatic heterocycles. The molecule has 0 saturated heterocycles. The number of benzene rings is 3. The fourth-order valence-electron chi connectivity index (χ4n) is 3.71. The van der Waals surface area contributed by atoms with E-state index >= 15 is 0 Å². The number of pyridine rings is 1. The highest BCUT2D eigenvalue weighted by Crippen LogP contribution is 2.20. The number of amides is 2. The van der Waals surface area contributed by atoms with Crippen LogP contribution in [0.15, 0.2) is 83.7 Å². The van der Waals surface area contributed by atoms with Gasteiger partial charge in [0, 0.05) is 33.7 Å². The van der Waals surface area contributed by atoms with Gasteiger partial charge in [0.15, 0.2) is 0 Å². The molecule has 4 rings (SSSR count). The van der Waals surface area contributed by atoms with E-state index in [1.807, 2.05) is 61.5 Å². The molecule has 4 aromatic rings. The number of anilines is 1. The lowest BCUT2D eigenvalue weighted by Crippen LogP contribution is -2.37. The summed E-state index contributed by atoms with van der Waals surface area (Å²) in [5.74, 6) is 0.731. The number of H-pyrrole nitrogens is 1. The summed E-state index contributed by atoms with van der Waals surface area (Å²) in [5, 5.41) is 4.34. The second-order valence-electron chi connectivity index (χ2n) is 7.90. The minimum Gasteiger partial charge on any atom is -0.494 e. The van der Waals surface area contributed by atoms with Crippen LogP contribution in [-0.4, -0.2) is 29.1 Å². The first kappa shape index (κ1) is 23.4. The smallest absolute Gasteiger partial charge is 0.322 e. The highest BCUT2D eigenvalue weighted by atomic mass is 35.5. The molecular weight excluding hydrogens is 450 g/mol. The van der Waals surface area contributed by atoms with Crippen molar-refractivity contribution in [3.05, 3.63) is 105 Å². The first-order valence-corrected chi connectivity index (χ1v) is 11.5. The highest BCUT2D eigenvalue weighted by Gasteiger charge is 2.17. The van der Waals surface area contributed by atoms with Crippen LogP contribution in [0.1, 0.15) is 18.1 Å². The minimum atomic E-state index is -0.291. The molecule has 0 unspecified atom stereocenters. The molecule has 0 aliphatic rings. The zero-order valence-electron chi connectivity index (χ0n) is 18.9. The van der Waals surface area contributed by atoms with E-state index in [0.717, 1.165) is 22.2 Å². The summed E-state index contributed by atoms with van der Waals surface area (Å²) in [7, 11) is 0. The van der Waals surface area contributed by atoms with E-state index in [1.165, 1.54) is 0 Å². The first-order valence-electron chi connectivity index (χ1n) is 11.2. The second kappa shape index (κ2) is 10.9. The first-order chi connectivity index (χ1) is 16.5. The number of rotatable bonds is 8. The van der Waals surface area contributed by atoms with Gasteiger partial charge in [0.05, 0.1) is 13.2 Å². The Morgan fingerprint density at radius 1 is 1.03 bits per heavy atom. The number of aromatic nitrogens is 1. The van der Waals surface area contributed by atoms with Crippen molar-refractivity contribution < 1.29 is 9.53 Å². The summed E-state index contributed by atoms with van der Waals surface area (Å²) in [6, 6.07) is 23.9. The summed E-state index contributed by atoms with van der Waals surface area (Å²) in [4.78, 5) is 30.6. The molecule has 0 fully saturated rings. The van der Waals surface area contributed by atoms with Crippen LogP contribution in [0.4, 0.5) is 10.5 Å². The third-order valence-corrected chi connectivity index (χ3v) is 5.71. The maximum absolute atomic E-state index is 13.2. The third-order valence-electron chi connectivity index (χ3n) is 5.46. The average Bonchev–Trinajstić information content (AvgIpc) is 2.84. The molecule has 174 valence electrons. The SMILES string of the molecule is CCOc1ccc2[nH]c(=O)c(CN(CCc3ccccc3)C(=O)Nc3ccc(Cl)cc3)cc2c1. The van der Waals surface area contributed by atoms with E-state index < -0.39 is 0 Å². The molecule has 34 heavy (non-hydrogen) atoms. The quantitative estimate of drug-likeness (QED) is 0.335. The van der Waals surface area contributed by atoms with Gasteiger partial charge >= 0.3 is 6.03 Å². The zero-order chi connectivity index (χ0) is 23.9. The molecule has 2 N–H and O–H groups in total. The van der Waals surface area contributed by atoms with Gasteiger partial charge in [0.2, 0.25) is 0 Å². The largest absolute Gasteiger partial charge is 0.494 e. The Morgan fingerprint density at radius 2 is 1.79 bits per heavy atom. The summed E-state index contributed by atoms with van der Waals surface area (Å²) in [6.45, 7) is 3.09. The molecular formula is C27H26ClN3O3. The monoisotopic (exact) mass is 475 g/mol. The van der Waals surface area contributed by atoms with Crippen LogP contribution < -0.4 is 15.6 Å². The van der Waals surface area contributed by atoms with Crippen LogP contribution in [0, 0.1) is 0 Å². The van der Waals surface area contributed by atoms with Crippen LogP contribution in [0.5, 0.6) is 5.75 Å². The Kier molecular flexibility index (Phi) is 7.50. The molecule has 2 amide bonds. The number of nitrogens with one attached hydrogen (secondary N) is 2. The van der Waals surface area contributed by atoms with E-state index in [9.17, 15) is 9.59 Å². The van der Waals surface area contributed by atoms with E-state index in [1.54, 1.807) is 29.2 Å². The molecule has 6 nitrogen and oxygen atoms in total. The molecule has 3 aromatic carbocycles. The predicted octanol–water partition coefficient (Wildman–Crippen LogP) is 5.86. The normalized spacial score (nSPS) is 10.8. The number of halogens is 1. The zero-order valence-corrected chi connectivity index (χ0v) is 19.6. The Labute approximate surface area is 203 Å². The van der Waals surface area contributed by atoms with Gasteiger partial charge in [0.1, 0.15) is 5.75 Å². The van der Waals surface area contributed by atoms with Crippen LogP contribution >= 0.6 is 11.6 Å². The van der Waals surface area contributed by atoms with Gasteiger partial charge in [0.25, 0.3) is 5.56 Å². The van der Waals surface area contributed by atoms with Crippen LogP contribution in [0.3, 0.4) is 0 Å². The Hall–Kier alpha value is -3.77. The lowest BCUT2D eigenvalue weighted by atomic mass is 10.1. The molecule has 0 bridgehead atoms. The van der Waals surface area contributed by atoms with Gasteiger partial charge in [-0.3, -0.25) is 4.79 Å². The van der Waals surface area contributed by atoms with E-state index in [2.05, 4.69) is 10.3 Å². The molecule has 0 spiro atoms. The van der Waals surface area contributed by atoms with Crippen molar-refractivity contribution in [1.82, 2.24) is 9.88 Å². The fraction of sp³-hybridized carbons (Fsp3) is 0.185. The Balaban J connectivity index is 1.60. The number of urea groups is 1. The maximum Gasteiger partial charge on any atom is 0.322 e. The van der Waals surface area contributed by atoms with Crippen molar-refractivity contribution in [2.24, 2.45) is 0 Å². The van der Waals surface area contributed by atoms with Crippen molar-refractivity contribution in [2.75, 3.05) is 18.5 Å². The predicted molar refractivity (Wildman–Crippen MR) is 137 cm³/mol. The molecule has 0 atom stereocenters. The summed E-state index contributed by atoms with van der Waals surface area (Å²) in [6.07, 6.45) is 0.662. The van der Waals surface area contributed by atoms with Crippen molar-refractivity contribution in [2.45, 2.75) is 19.9 Å². The van der Waals surface area contributed by atoms with E-state index in [-0.39, 0.29) is 18.1 Å². The Morgan fingerprint density at radius 3 is 2.53 bits per heavy atom. The van der Waals surface area contributed by atoms with Gasteiger partial charge < -0.3 is 19.9 Å². The fourth-order valence-corrected chi connectivity index (χ4v) is 3.83. The number of nitrogens with zero attached hydrogens (tertiary/aromatic N) is 1. The van der Waals surface area contributed by atoms with Gasteiger partial charge in [-0.1, -0.05) is 41.9 Å². The van der Waals surface area contributed by atoms with Crippen molar-refractivity contribution in [3.63, 3.8) is 0 Å². The number of aromatic amines is 1. The minimum absolute atomic E-state index is 0.163. The highest BCUT2D eigenvalue weighted by molar-refractivity contribution is 6.30. The average molecular weight is 476 g/mol. The maximum atomic E-state index is 13.2. The number of fused-ring (bicyclic) bond motifs is 1. The summed E-state index contributed by atoms with van der Waals surface area (Å²) in [5.41, 5.74) is 2.74. The van der Waals surface area contributed by atoms with Crippen molar-refractivity contribution in [1.29, 1.82) is 0 Å². The van der Waals surface area contributed by atoms with Gasteiger partial charge in [-0.05, 0) is 67.4 Å². The topological polar surface area (TPSA) is 74.4 Å². The van der Waals surface area contributed by atoms with Gasteiger partial charge in [-0.2, -0.15) is 0 Å². The number of hydrogen-bond acceptors (Lipinski definition) is 3. The van der Waals surface area contributed by atoms with Crippen LogP contribution in [-0.2, 0) is 13.0 Å². The van der Waals surface area contributed by atoms with Gasteiger partial charge in [-0.25, -0.2) is 4.79 Å². The molecule has 1 heterocycles. The standard InChI is InChI=1S/C27H26ClN3O3/c1-2-34-24-12-13-25-20(17-24)16-21(26(32)30-25)18-31(15-14-19-6-4-3-5-7-19)27(33)29-23-10-8-22(28)9-11-23/h3-13,16-17H,2,14-15,18H2,1H3,(H,29,33)(H,30,32). The summed E-state index contributed by atoms with van der Waals surface area (Å²) >= 11 is 5.96. The molecule has 0 aliphatic carbocycles. The molecule has 0 radical (unpaired) electrons. The molecule has 0 saturated carbocycles. The third kappa shape index (κ3) is 5.97. The van der Waals surface area contributed by atoms with Crippen LogP contribution in [0.2, 0.25) is 5.02 Å². The second-order valence-corrected chi connectivity index (χ2v) is 8.34. The molecule has 7 heteroatoms.